The molecular weight excluding hydrogens is 186 g/mol. The maximum atomic E-state index is 10.2. The largest absolute Gasteiger partial charge is 0.299 e. The number of carbonyl (C=O) groups excluding carboxylic acids is 1. The Morgan fingerprint density at radius 2 is 2.13 bits per heavy atom. The van der Waals surface area contributed by atoms with Gasteiger partial charge in [-0.15, -0.1) is 0 Å². The Kier molecular flexibility index (Phi) is 2.59. The van der Waals surface area contributed by atoms with Crippen LogP contribution in [0, 0.1) is 6.92 Å². The lowest BCUT2D eigenvalue weighted by Crippen LogP contribution is -1.82. The summed E-state index contributed by atoms with van der Waals surface area (Å²) in [7, 11) is 0. The molecule has 0 unspecified atom stereocenters. The van der Waals surface area contributed by atoms with Gasteiger partial charge in [-0.05, 0) is 36.3 Å². The summed E-state index contributed by atoms with van der Waals surface area (Å²) in [4.78, 5) is 14.5. The summed E-state index contributed by atoms with van der Waals surface area (Å²) >= 11 is 0. The Morgan fingerprint density at radius 3 is 2.93 bits per heavy atom. The minimum absolute atomic E-state index is 0.771. The van der Waals surface area contributed by atoms with Crippen molar-refractivity contribution in [1.29, 1.82) is 0 Å². The highest BCUT2D eigenvalue weighted by Gasteiger charge is 1.95. The minimum atomic E-state index is 0.771. The Balaban J connectivity index is 2.52. The second kappa shape index (κ2) is 4.05. The average Bonchev–Trinajstić information content (AvgIpc) is 2.26. The van der Waals surface area contributed by atoms with Crippen molar-refractivity contribution in [3.05, 3.63) is 47.7 Å². The van der Waals surface area contributed by atoms with Gasteiger partial charge in [0, 0.05) is 11.6 Å². The fraction of sp³-hybridized carbons (Fsp3) is 0.0769. The van der Waals surface area contributed by atoms with Crippen LogP contribution < -0.4 is 0 Å². The molecule has 0 bridgehead atoms. The monoisotopic (exact) mass is 197 g/mol. The highest BCUT2D eigenvalue weighted by atomic mass is 16.1. The highest BCUT2D eigenvalue weighted by molar-refractivity contribution is 5.83. The number of pyridine rings is 1. The van der Waals surface area contributed by atoms with Crippen LogP contribution in [0.15, 0.2) is 36.5 Å². The fourth-order valence-electron chi connectivity index (χ4n) is 1.50. The van der Waals surface area contributed by atoms with Crippen molar-refractivity contribution in [2.45, 2.75) is 6.92 Å². The van der Waals surface area contributed by atoms with E-state index in [9.17, 15) is 4.79 Å². The van der Waals surface area contributed by atoms with E-state index in [0.717, 1.165) is 28.3 Å². The molecule has 0 atom stereocenters. The van der Waals surface area contributed by atoms with E-state index in [4.69, 9.17) is 0 Å². The first-order chi connectivity index (χ1) is 7.29. The van der Waals surface area contributed by atoms with Gasteiger partial charge in [-0.2, -0.15) is 0 Å². The van der Waals surface area contributed by atoms with Gasteiger partial charge in [0.15, 0.2) is 0 Å². The predicted molar refractivity (Wildman–Crippen MR) is 61.6 cm³/mol. The zero-order valence-corrected chi connectivity index (χ0v) is 8.47. The van der Waals surface area contributed by atoms with Gasteiger partial charge in [0.05, 0.1) is 5.52 Å². The third kappa shape index (κ3) is 2.10. The van der Waals surface area contributed by atoms with Gasteiger partial charge in [-0.25, -0.2) is 0 Å². The Hall–Kier alpha value is -1.96. The number of aryl methyl sites for hydroxylation is 1. The molecular formula is C13H11NO. The van der Waals surface area contributed by atoms with Crippen molar-refractivity contribution < 1.29 is 4.79 Å². The summed E-state index contributed by atoms with van der Waals surface area (Å²) in [5.74, 6) is 0. The number of hydrogen-bond acceptors (Lipinski definition) is 2. The molecule has 0 spiro atoms. The first kappa shape index (κ1) is 9.59. The van der Waals surface area contributed by atoms with Gasteiger partial charge in [-0.3, -0.25) is 9.78 Å². The first-order valence-corrected chi connectivity index (χ1v) is 4.78. The molecule has 0 amide bonds. The smallest absolute Gasteiger partial charge is 0.142 e. The Labute approximate surface area is 88.3 Å². The SMILES string of the molecule is Cc1cnc2cc(/C=C/C=O)ccc2c1. The standard InChI is InChI=1S/C13H11NO/c1-10-7-12-5-4-11(3-2-6-15)8-13(12)14-9-10/h2-9H,1H3/b3-2+. The molecule has 0 aliphatic rings. The molecule has 1 aromatic heterocycles. The maximum Gasteiger partial charge on any atom is 0.142 e. The molecule has 0 fully saturated rings. The minimum Gasteiger partial charge on any atom is -0.299 e. The zero-order valence-electron chi connectivity index (χ0n) is 8.47. The van der Waals surface area contributed by atoms with Crippen molar-refractivity contribution in [2.75, 3.05) is 0 Å². The Morgan fingerprint density at radius 1 is 1.27 bits per heavy atom. The van der Waals surface area contributed by atoms with Gasteiger partial charge >= 0.3 is 0 Å². The third-order valence-electron chi connectivity index (χ3n) is 2.21. The van der Waals surface area contributed by atoms with E-state index in [-0.39, 0.29) is 0 Å². The molecule has 0 aliphatic heterocycles. The van der Waals surface area contributed by atoms with Crippen LogP contribution in [0.1, 0.15) is 11.1 Å². The molecule has 2 heteroatoms. The lowest BCUT2D eigenvalue weighted by Gasteiger charge is -1.99. The first-order valence-electron chi connectivity index (χ1n) is 4.78. The number of fused-ring (bicyclic) bond motifs is 1. The zero-order chi connectivity index (χ0) is 10.7. The number of allylic oxidation sites excluding steroid dienone is 1. The van der Waals surface area contributed by atoms with Crippen LogP contribution in [0.2, 0.25) is 0 Å². The number of aldehydes is 1. The second-order valence-electron chi connectivity index (χ2n) is 3.46. The number of rotatable bonds is 2. The van der Waals surface area contributed by atoms with E-state index in [1.165, 1.54) is 6.08 Å². The number of nitrogens with zero attached hydrogens (tertiary/aromatic N) is 1. The molecule has 0 radical (unpaired) electrons. The van der Waals surface area contributed by atoms with E-state index >= 15 is 0 Å². The van der Waals surface area contributed by atoms with E-state index in [1.807, 2.05) is 31.3 Å². The van der Waals surface area contributed by atoms with Crippen molar-refractivity contribution in [3.63, 3.8) is 0 Å². The van der Waals surface area contributed by atoms with E-state index in [1.54, 1.807) is 6.08 Å². The van der Waals surface area contributed by atoms with Crippen molar-refractivity contribution in [2.24, 2.45) is 0 Å². The van der Waals surface area contributed by atoms with Crippen LogP contribution in [-0.4, -0.2) is 11.3 Å². The second-order valence-corrected chi connectivity index (χ2v) is 3.46. The molecule has 15 heavy (non-hydrogen) atoms. The summed E-state index contributed by atoms with van der Waals surface area (Å²) < 4.78 is 0. The molecule has 0 saturated carbocycles. The number of carbonyl (C=O) groups is 1. The summed E-state index contributed by atoms with van der Waals surface area (Å²) in [5.41, 5.74) is 3.10. The van der Waals surface area contributed by atoms with E-state index in [2.05, 4.69) is 11.1 Å². The molecule has 0 aliphatic carbocycles. The van der Waals surface area contributed by atoms with Crippen LogP contribution in [0.25, 0.3) is 17.0 Å². The highest BCUT2D eigenvalue weighted by Crippen LogP contribution is 2.15. The quantitative estimate of drug-likeness (QED) is 0.547. The van der Waals surface area contributed by atoms with Crippen LogP contribution in [0.3, 0.4) is 0 Å². The van der Waals surface area contributed by atoms with Crippen molar-refractivity contribution in [1.82, 2.24) is 4.98 Å². The van der Waals surface area contributed by atoms with Crippen molar-refractivity contribution in [3.8, 4) is 0 Å². The fourth-order valence-corrected chi connectivity index (χ4v) is 1.50. The Bertz CT molecular complexity index is 529. The normalized spacial score (nSPS) is 11.0. The number of benzene rings is 1. The molecule has 2 nitrogen and oxygen atoms in total. The summed E-state index contributed by atoms with van der Waals surface area (Å²) in [6.07, 6.45) is 5.87. The van der Waals surface area contributed by atoms with Crippen LogP contribution in [0.4, 0.5) is 0 Å². The summed E-state index contributed by atoms with van der Waals surface area (Å²) in [6, 6.07) is 8.05. The van der Waals surface area contributed by atoms with Gasteiger partial charge in [0.25, 0.3) is 0 Å². The van der Waals surface area contributed by atoms with Gasteiger partial charge in [-0.1, -0.05) is 18.2 Å². The van der Waals surface area contributed by atoms with Gasteiger partial charge < -0.3 is 0 Å². The van der Waals surface area contributed by atoms with E-state index in [0.29, 0.717) is 0 Å². The summed E-state index contributed by atoms with van der Waals surface area (Å²) in [6.45, 7) is 2.02. The lowest BCUT2D eigenvalue weighted by atomic mass is 10.1. The molecule has 1 aromatic carbocycles. The van der Waals surface area contributed by atoms with Gasteiger partial charge in [0.2, 0.25) is 0 Å². The lowest BCUT2D eigenvalue weighted by molar-refractivity contribution is -0.104. The maximum absolute atomic E-state index is 10.2. The van der Waals surface area contributed by atoms with E-state index < -0.39 is 0 Å². The topological polar surface area (TPSA) is 30.0 Å². The van der Waals surface area contributed by atoms with Crippen LogP contribution in [0.5, 0.6) is 0 Å². The molecule has 0 N–H and O–H groups in total. The average molecular weight is 197 g/mol. The third-order valence-corrected chi connectivity index (χ3v) is 2.21. The molecule has 2 aromatic rings. The molecule has 0 saturated heterocycles. The molecule has 74 valence electrons. The van der Waals surface area contributed by atoms with Crippen molar-refractivity contribution >= 4 is 23.3 Å². The predicted octanol–water partition coefficient (Wildman–Crippen LogP) is 2.76. The molecule has 2 rings (SSSR count). The summed E-state index contributed by atoms with van der Waals surface area (Å²) in [5, 5.41) is 1.12. The number of hydrogen-bond donors (Lipinski definition) is 0. The molecule has 1 heterocycles. The van der Waals surface area contributed by atoms with Crippen LogP contribution >= 0.6 is 0 Å². The van der Waals surface area contributed by atoms with Crippen LogP contribution in [-0.2, 0) is 4.79 Å². The number of aromatic nitrogens is 1. The van der Waals surface area contributed by atoms with Gasteiger partial charge in [0.1, 0.15) is 6.29 Å².